The number of carbonyl (C=O) groups excluding carboxylic acids is 1. The molecule has 2 aromatic heterocycles. The van der Waals surface area contributed by atoms with Crippen molar-refractivity contribution < 1.29 is 36.3 Å². The molecule has 0 saturated carbocycles. The molecule has 0 unspecified atom stereocenters. The number of hydrogen-bond donors (Lipinski definition) is 3. The van der Waals surface area contributed by atoms with Crippen LogP contribution in [-0.4, -0.2) is 46.0 Å². The molecule has 3 N–H and O–H groups in total. The number of aryl methyl sites for hydroxylation is 1. The monoisotopic (exact) mass is 471 g/mol. The second-order valence-corrected chi connectivity index (χ2v) is 7.66. The topological polar surface area (TPSA) is 104 Å². The van der Waals surface area contributed by atoms with E-state index in [1.165, 1.54) is 19.3 Å². The lowest BCUT2D eigenvalue weighted by Gasteiger charge is -2.43. The average Bonchev–Trinajstić information content (AvgIpc) is 3.06. The Bertz CT molecular complexity index is 1200. The zero-order chi connectivity index (χ0) is 24.1. The molecular weight excluding hydrogens is 453 g/mol. The minimum absolute atomic E-state index is 0.0142. The molecule has 2 amide bonds. The van der Waals surface area contributed by atoms with E-state index in [-0.39, 0.29) is 22.7 Å². The number of alkyl halides is 3. The SMILES string of the molecule is Cc1c([C@@H](NC(=O)Nc2cnc(N3C[C@H](O)[C@H]3C)nc2)C(F)(F)F)oc2c(F)cc(F)cc12. The molecule has 1 fully saturated rings. The Balaban J connectivity index is 1.53. The molecule has 0 bridgehead atoms. The number of halogens is 5. The van der Waals surface area contributed by atoms with Gasteiger partial charge in [-0.05, 0) is 19.9 Å². The number of rotatable bonds is 4. The van der Waals surface area contributed by atoms with Crippen molar-refractivity contribution in [2.75, 3.05) is 16.8 Å². The molecule has 0 spiro atoms. The van der Waals surface area contributed by atoms with Gasteiger partial charge in [0, 0.05) is 23.6 Å². The van der Waals surface area contributed by atoms with Crippen LogP contribution in [0.25, 0.3) is 11.0 Å². The van der Waals surface area contributed by atoms with Gasteiger partial charge in [0.1, 0.15) is 11.6 Å². The van der Waals surface area contributed by atoms with Gasteiger partial charge in [0.25, 0.3) is 0 Å². The number of nitrogens with one attached hydrogen (secondary N) is 2. The van der Waals surface area contributed by atoms with Gasteiger partial charge in [-0.1, -0.05) is 0 Å². The molecule has 3 atom stereocenters. The van der Waals surface area contributed by atoms with Crippen molar-refractivity contribution in [3.05, 3.63) is 47.5 Å². The molecule has 13 heteroatoms. The van der Waals surface area contributed by atoms with Crippen LogP contribution in [-0.2, 0) is 0 Å². The van der Waals surface area contributed by atoms with E-state index in [1.807, 2.05) is 0 Å². The summed E-state index contributed by atoms with van der Waals surface area (Å²) in [6.07, 6.45) is -3.11. The first-order valence-electron chi connectivity index (χ1n) is 9.74. The molecule has 1 saturated heterocycles. The highest BCUT2D eigenvalue weighted by Crippen LogP contribution is 2.39. The largest absolute Gasteiger partial charge is 0.455 e. The smallest absolute Gasteiger partial charge is 0.416 e. The molecule has 1 aromatic carbocycles. The Labute approximate surface area is 183 Å². The van der Waals surface area contributed by atoms with E-state index in [9.17, 15) is 31.9 Å². The molecule has 176 valence electrons. The molecular formula is C20H18F5N5O3. The van der Waals surface area contributed by atoms with Crippen molar-refractivity contribution in [1.82, 2.24) is 15.3 Å². The number of aromatic nitrogens is 2. The van der Waals surface area contributed by atoms with Crippen LogP contribution in [0.5, 0.6) is 0 Å². The Morgan fingerprint density at radius 3 is 2.52 bits per heavy atom. The first-order chi connectivity index (χ1) is 15.5. The highest BCUT2D eigenvalue weighted by atomic mass is 19.4. The fraction of sp³-hybridized carbons (Fsp3) is 0.350. The number of aliphatic hydroxyl groups is 1. The lowest BCUT2D eigenvalue weighted by Crippen LogP contribution is -2.59. The van der Waals surface area contributed by atoms with Gasteiger partial charge in [-0.3, -0.25) is 0 Å². The van der Waals surface area contributed by atoms with Crippen LogP contribution in [0.15, 0.2) is 28.9 Å². The van der Waals surface area contributed by atoms with E-state index in [4.69, 9.17) is 4.42 Å². The molecule has 33 heavy (non-hydrogen) atoms. The fourth-order valence-electron chi connectivity index (χ4n) is 3.52. The quantitative estimate of drug-likeness (QED) is 0.500. The summed E-state index contributed by atoms with van der Waals surface area (Å²) in [4.78, 5) is 22.0. The van der Waals surface area contributed by atoms with Crippen LogP contribution in [0.2, 0.25) is 0 Å². The van der Waals surface area contributed by atoms with Gasteiger partial charge in [0.2, 0.25) is 5.95 Å². The number of urea groups is 1. The number of fused-ring (bicyclic) bond motifs is 1. The van der Waals surface area contributed by atoms with Crippen molar-refractivity contribution in [3.63, 3.8) is 0 Å². The van der Waals surface area contributed by atoms with Gasteiger partial charge >= 0.3 is 12.2 Å². The Morgan fingerprint density at radius 2 is 1.94 bits per heavy atom. The van der Waals surface area contributed by atoms with E-state index < -0.39 is 47.3 Å². The van der Waals surface area contributed by atoms with Crippen LogP contribution >= 0.6 is 0 Å². The van der Waals surface area contributed by atoms with Gasteiger partial charge in [0.05, 0.1) is 30.2 Å². The van der Waals surface area contributed by atoms with Crippen molar-refractivity contribution in [1.29, 1.82) is 0 Å². The lowest BCUT2D eigenvalue weighted by molar-refractivity contribution is -0.158. The Kier molecular flexibility index (Phi) is 5.60. The third kappa shape index (κ3) is 4.27. The third-order valence-corrected chi connectivity index (χ3v) is 5.44. The van der Waals surface area contributed by atoms with E-state index in [2.05, 4.69) is 15.3 Å². The number of benzene rings is 1. The van der Waals surface area contributed by atoms with Crippen LogP contribution in [0, 0.1) is 18.6 Å². The van der Waals surface area contributed by atoms with E-state index >= 15 is 0 Å². The number of β-amino-alcohol motifs (C(OH)–C–C–N with tert-alkyl or cyclic N) is 1. The normalized spacial score (nSPS) is 19.3. The first-order valence-corrected chi connectivity index (χ1v) is 9.74. The number of furan rings is 1. The predicted octanol–water partition coefficient (Wildman–Crippen LogP) is 3.80. The fourth-order valence-corrected chi connectivity index (χ4v) is 3.52. The molecule has 1 aliphatic rings. The van der Waals surface area contributed by atoms with Gasteiger partial charge in [-0.2, -0.15) is 13.2 Å². The summed E-state index contributed by atoms with van der Waals surface area (Å²) >= 11 is 0. The van der Waals surface area contributed by atoms with Crippen LogP contribution in [0.1, 0.15) is 24.3 Å². The number of hydrogen-bond acceptors (Lipinski definition) is 6. The van der Waals surface area contributed by atoms with Gasteiger partial charge in [0.15, 0.2) is 17.4 Å². The lowest BCUT2D eigenvalue weighted by atomic mass is 10.0. The maximum Gasteiger partial charge on any atom is 0.416 e. The Hall–Kier alpha value is -3.48. The predicted molar refractivity (Wildman–Crippen MR) is 107 cm³/mol. The summed E-state index contributed by atoms with van der Waals surface area (Å²) < 4.78 is 73.7. The van der Waals surface area contributed by atoms with Crippen molar-refractivity contribution in [2.24, 2.45) is 0 Å². The second kappa shape index (κ2) is 8.14. The van der Waals surface area contributed by atoms with Crippen LogP contribution in [0.3, 0.4) is 0 Å². The zero-order valence-corrected chi connectivity index (χ0v) is 17.2. The van der Waals surface area contributed by atoms with Gasteiger partial charge < -0.3 is 25.1 Å². The first kappa shape index (κ1) is 22.7. The van der Waals surface area contributed by atoms with E-state index in [0.29, 0.717) is 18.6 Å². The highest BCUT2D eigenvalue weighted by molar-refractivity contribution is 5.89. The van der Waals surface area contributed by atoms with E-state index in [0.717, 1.165) is 6.07 Å². The number of aliphatic hydroxyl groups excluding tert-OH is 1. The molecule has 3 aromatic rings. The average molecular weight is 471 g/mol. The number of amides is 2. The standard InChI is InChI=1S/C20H18F5N5O3/c1-8-12-3-10(21)4-13(22)16(12)33-15(8)17(20(23,24)25)29-19(32)28-11-5-26-18(27-6-11)30-7-14(31)9(30)2/h3-6,9,14,17,31H,7H2,1-2H3,(H2,28,29,32)/t9-,14+,17-/m1/s1. The number of carbonyl (C=O) groups is 1. The molecule has 8 nitrogen and oxygen atoms in total. The molecule has 1 aliphatic heterocycles. The van der Waals surface area contributed by atoms with Crippen molar-refractivity contribution in [3.8, 4) is 0 Å². The molecule has 0 radical (unpaired) electrons. The maximum absolute atomic E-state index is 14.0. The summed E-state index contributed by atoms with van der Waals surface area (Å²) in [5.41, 5.74) is -0.695. The third-order valence-electron chi connectivity index (χ3n) is 5.44. The maximum atomic E-state index is 14.0. The van der Waals surface area contributed by atoms with Crippen LogP contribution < -0.4 is 15.5 Å². The van der Waals surface area contributed by atoms with E-state index in [1.54, 1.807) is 17.1 Å². The molecule has 4 rings (SSSR count). The summed E-state index contributed by atoms with van der Waals surface area (Å²) in [7, 11) is 0. The van der Waals surface area contributed by atoms with Crippen LogP contribution in [0.4, 0.5) is 38.4 Å². The van der Waals surface area contributed by atoms with Crippen molar-refractivity contribution in [2.45, 2.75) is 38.2 Å². The number of anilines is 2. The highest BCUT2D eigenvalue weighted by Gasteiger charge is 2.45. The van der Waals surface area contributed by atoms with Gasteiger partial charge in [-0.25, -0.2) is 23.5 Å². The Morgan fingerprint density at radius 1 is 1.27 bits per heavy atom. The van der Waals surface area contributed by atoms with Crippen molar-refractivity contribution >= 4 is 28.6 Å². The summed E-state index contributed by atoms with van der Waals surface area (Å²) in [5, 5.41) is 13.3. The summed E-state index contributed by atoms with van der Waals surface area (Å²) in [6.45, 7) is 3.32. The zero-order valence-electron chi connectivity index (χ0n) is 17.2. The molecule has 0 aliphatic carbocycles. The summed E-state index contributed by atoms with van der Waals surface area (Å²) in [5.74, 6) is -2.62. The minimum Gasteiger partial charge on any atom is -0.455 e. The minimum atomic E-state index is -5.00. The van der Waals surface area contributed by atoms with Gasteiger partial charge in [-0.15, -0.1) is 0 Å². The summed E-state index contributed by atoms with van der Waals surface area (Å²) in [6, 6.07) is -2.72. The number of nitrogens with zero attached hydrogens (tertiary/aromatic N) is 3. The second-order valence-electron chi connectivity index (χ2n) is 7.66. The molecule has 3 heterocycles.